The number of thiazole rings is 1. The van der Waals surface area contributed by atoms with Gasteiger partial charge < -0.3 is 14.8 Å². The van der Waals surface area contributed by atoms with E-state index in [1.807, 2.05) is 19.1 Å². The van der Waals surface area contributed by atoms with E-state index in [0.717, 1.165) is 40.7 Å². The molecule has 2 aromatic rings. The Balaban J connectivity index is 2.36. The minimum absolute atomic E-state index is 0.0784. The molecule has 1 aromatic carbocycles. The number of nitrogens with zero attached hydrogens (tertiary/aromatic N) is 1. The topological polar surface area (TPSA) is 43.4 Å². The fourth-order valence-corrected chi connectivity index (χ4v) is 2.87. The molecule has 0 bridgehead atoms. The summed E-state index contributed by atoms with van der Waals surface area (Å²) >= 11 is 1.67. The number of methoxy groups -OCH3 is 2. The van der Waals surface area contributed by atoms with Gasteiger partial charge in [-0.05, 0) is 37.6 Å². The van der Waals surface area contributed by atoms with Crippen LogP contribution in [0, 0.1) is 6.92 Å². The highest BCUT2D eigenvalue weighted by Gasteiger charge is 2.18. The Kier molecular flexibility index (Phi) is 5.59. The first kappa shape index (κ1) is 15.8. The molecule has 0 saturated carbocycles. The van der Waals surface area contributed by atoms with Crippen LogP contribution in [0.3, 0.4) is 0 Å². The molecule has 0 amide bonds. The molecular weight excluding hydrogens is 284 g/mol. The van der Waals surface area contributed by atoms with Crippen molar-refractivity contribution in [3.63, 3.8) is 0 Å². The molecule has 114 valence electrons. The first-order valence-electron chi connectivity index (χ1n) is 7.07. The van der Waals surface area contributed by atoms with Crippen LogP contribution >= 0.6 is 11.3 Å². The first-order valence-corrected chi connectivity index (χ1v) is 7.94. The number of aryl methyl sites for hydroxylation is 1. The van der Waals surface area contributed by atoms with Crippen LogP contribution in [-0.4, -0.2) is 25.7 Å². The van der Waals surface area contributed by atoms with Crippen molar-refractivity contribution in [2.45, 2.75) is 26.3 Å². The smallest absolute Gasteiger partial charge is 0.161 e. The summed E-state index contributed by atoms with van der Waals surface area (Å²) in [6, 6.07) is 6.09. The minimum atomic E-state index is 0.0784. The van der Waals surface area contributed by atoms with E-state index in [0.29, 0.717) is 0 Å². The standard InChI is InChI=1S/C16H22N2O2S/c1-5-8-17-16(13-10-21-11(2)18-13)12-6-7-14(19-3)15(9-12)20-4/h6-7,9-10,16-17H,5,8H2,1-4H3. The van der Waals surface area contributed by atoms with Gasteiger partial charge in [-0.3, -0.25) is 0 Å². The Bertz CT molecular complexity index is 583. The molecule has 0 aliphatic carbocycles. The Labute approximate surface area is 130 Å². The molecule has 1 aromatic heterocycles. The molecule has 1 heterocycles. The van der Waals surface area contributed by atoms with Gasteiger partial charge in [0.05, 0.1) is 31.0 Å². The maximum Gasteiger partial charge on any atom is 0.161 e. The Morgan fingerprint density at radius 3 is 2.57 bits per heavy atom. The summed E-state index contributed by atoms with van der Waals surface area (Å²) in [4.78, 5) is 4.62. The van der Waals surface area contributed by atoms with E-state index >= 15 is 0 Å². The summed E-state index contributed by atoms with van der Waals surface area (Å²) in [6.07, 6.45) is 1.08. The predicted molar refractivity (Wildman–Crippen MR) is 86.5 cm³/mol. The number of hydrogen-bond acceptors (Lipinski definition) is 5. The average Bonchev–Trinajstić information content (AvgIpc) is 2.93. The van der Waals surface area contributed by atoms with Crippen molar-refractivity contribution in [3.8, 4) is 11.5 Å². The van der Waals surface area contributed by atoms with Gasteiger partial charge in [0, 0.05) is 5.38 Å². The van der Waals surface area contributed by atoms with Gasteiger partial charge >= 0.3 is 0 Å². The highest BCUT2D eigenvalue weighted by atomic mass is 32.1. The fourth-order valence-electron chi connectivity index (χ4n) is 2.23. The van der Waals surface area contributed by atoms with Gasteiger partial charge in [0.25, 0.3) is 0 Å². The van der Waals surface area contributed by atoms with Crippen molar-refractivity contribution in [1.82, 2.24) is 10.3 Å². The summed E-state index contributed by atoms with van der Waals surface area (Å²) in [5.41, 5.74) is 2.18. The molecule has 5 heteroatoms. The largest absolute Gasteiger partial charge is 0.493 e. The molecule has 0 aliphatic heterocycles. The van der Waals surface area contributed by atoms with Crippen LogP contribution in [-0.2, 0) is 0 Å². The Hall–Kier alpha value is -1.59. The van der Waals surface area contributed by atoms with Gasteiger partial charge in [0.1, 0.15) is 0 Å². The van der Waals surface area contributed by atoms with Crippen LogP contribution in [0.1, 0.15) is 35.7 Å². The van der Waals surface area contributed by atoms with Gasteiger partial charge in [-0.1, -0.05) is 13.0 Å². The third kappa shape index (κ3) is 3.74. The summed E-state index contributed by atoms with van der Waals surface area (Å²) in [7, 11) is 3.30. The number of ether oxygens (including phenoxy) is 2. The van der Waals surface area contributed by atoms with Crippen molar-refractivity contribution in [2.24, 2.45) is 0 Å². The number of hydrogen-bond donors (Lipinski definition) is 1. The molecule has 4 nitrogen and oxygen atoms in total. The fraction of sp³-hybridized carbons (Fsp3) is 0.438. The monoisotopic (exact) mass is 306 g/mol. The molecule has 0 radical (unpaired) electrons. The first-order chi connectivity index (χ1) is 10.2. The summed E-state index contributed by atoms with van der Waals surface area (Å²) < 4.78 is 10.7. The second kappa shape index (κ2) is 7.43. The van der Waals surface area contributed by atoms with Crippen LogP contribution < -0.4 is 14.8 Å². The zero-order chi connectivity index (χ0) is 15.2. The number of rotatable bonds is 7. The molecule has 21 heavy (non-hydrogen) atoms. The molecule has 1 unspecified atom stereocenters. The minimum Gasteiger partial charge on any atom is -0.493 e. The second-order valence-electron chi connectivity index (χ2n) is 4.79. The van der Waals surface area contributed by atoms with Crippen molar-refractivity contribution in [3.05, 3.63) is 39.8 Å². The third-order valence-corrected chi connectivity index (χ3v) is 4.06. The Morgan fingerprint density at radius 2 is 2.00 bits per heavy atom. The maximum absolute atomic E-state index is 5.40. The van der Waals surface area contributed by atoms with Gasteiger partial charge in [-0.15, -0.1) is 11.3 Å². The molecular formula is C16H22N2O2S. The molecule has 1 N–H and O–H groups in total. The van der Waals surface area contributed by atoms with E-state index in [1.165, 1.54) is 0 Å². The molecule has 0 fully saturated rings. The van der Waals surface area contributed by atoms with Crippen LogP contribution in [0.25, 0.3) is 0 Å². The Morgan fingerprint density at radius 1 is 1.24 bits per heavy atom. The lowest BCUT2D eigenvalue weighted by atomic mass is 10.0. The number of benzene rings is 1. The lowest BCUT2D eigenvalue weighted by Crippen LogP contribution is -2.23. The zero-order valence-corrected chi connectivity index (χ0v) is 13.8. The van der Waals surface area contributed by atoms with Crippen molar-refractivity contribution in [2.75, 3.05) is 20.8 Å². The van der Waals surface area contributed by atoms with Gasteiger partial charge in [-0.25, -0.2) is 4.98 Å². The summed E-state index contributed by atoms with van der Waals surface area (Å²) in [6.45, 7) is 5.13. The van der Waals surface area contributed by atoms with Crippen LogP contribution in [0.4, 0.5) is 0 Å². The van der Waals surface area contributed by atoms with E-state index in [4.69, 9.17) is 9.47 Å². The van der Waals surface area contributed by atoms with E-state index in [9.17, 15) is 0 Å². The van der Waals surface area contributed by atoms with Crippen molar-refractivity contribution < 1.29 is 9.47 Å². The summed E-state index contributed by atoms with van der Waals surface area (Å²) in [5.74, 6) is 1.48. The highest BCUT2D eigenvalue weighted by molar-refractivity contribution is 7.09. The van der Waals surface area contributed by atoms with E-state index in [1.54, 1.807) is 25.6 Å². The van der Waals surface area contributed by atoms with E-state index in [-0.39, 0.29) is 6.04 Å². The number of aromatic nitrogens is 1. The molecule has 2 rings (SSSR count). The SMILES string of the molecule is CCCNC(c1ccc(OC)c(OC)c1)c1csc(C)n1. The highest BCUT2D eigenvalue weighted by Crippen LogP contribution is 2.32. The molecule has 0 saturated heterocycles. The third-order valence-electron chi connectivity index (χ3n) is 3.27. The van der Waals surface area contributed by atoms with Gasteiger partial charge in [0.15, 0.2) is 11.5 Å². The van der Waals surface area contributed by atoms with Crippen LogP contribution in [0.15, 0.2) is 23.6 Å². The predicted octanol–water partition coefficient (Wildman–Crippen LogP) is 3.56. The maximum atomic E-state index is 5.40. The molecule has 0 spiro atoms. The second-order valence-corrected chi connectivity index (χ2v) is 5.86. The van der Waals surface area contributed by atoms with Gasteiger partial charge in [0.2, 0.25) is 0 Å². The molecule has 1 atom stereocenters. The zero-order valence-electron chi connectivity index (χ0n) is 13.0. The average molecular weight is 306 g/mol. The van der Waals surface area contributed by atoms with Crippen molar-refractivity contribution in [1.29, 1.82) is 0 Å². The van der Waals surface area contributed by atoms with Gasteiger partial charge in [-0.2, -0.15) is 0 Å². The lowest BCUT2D eigenvalue weighted by Gasteiger charge is -2.18. The lowest BCUT2D eigenvalue weighted by molar-refractivity contribution is 0.354. The van der Waals surface area contributed by atoms with Crippen LogP contribution in [0.5, 0.6) is 11.5 Å². The quantitative estimate of drug-likeness (QED) is 0.849. The van der Waals surface area contributed by atoms with Crippen molar-refractivity contribution >= 4 is 11.3 Å². The summed E-state index contributed by atoms with van der Waals surface area (Å²) in [5, 5.41) is 6.74. The number of nitrogens with one attached hydrogen (secondary N) is 1. The van der Waals surface area contributed by atoms with E-state index in [2.05, 4.69) is 28.7 Å². The van der Waals surface area contributed by atoms with Crippen LogP contribution in [0.2, 0.25) is 0 Å². The molecule has 0 aliphatic rings. The normalized spacial score (nSPS) is 12.2. The van der Waals surface area contributed by atoms with E-state index < -0.39 is 0 Å².